The molecule has 6 aromatic carbocycles. The number of fused-ring (bicyclic) bond motifs is 6. The van der Waals surface area contributed by atoms with E-state index in [0.717, 1.165) is 57.3 Å². The molecule has 0 amide bonds. The van der Waals surface area contributed by atoms with Crippen molar-refractivity contribution in [2.24, 2.45) is 0 Å². The van der Waals surface area contributed by atoms with Crippen molar-refractivity contribution in [1.29, 1.82) is 0 Å². The van der Waals surface area contributed by atoms with E-state index >= 15 is 0 Å². The number of ether oxygens (including phenoxy) is 2. The SMILES string of the molecule is CCCCCCC1(CCCCCC)c2cc(-c3ccc(-c4nnc(-c5ccc(C(C)(C)C)cc5)o4)cc3)ccc2-c2ccc(-n3c4ccc(OC)cc4c4cc(OC)ccc43)cc21. The van der Waals surface area contributed by atoms with Crippen molar-refractivity contribution >= 4 is 21.8 Å². The van der Waals surface area contributed by atoms with Gasteiger partial charge in [0, 0.05) is 33.0 Å². The van der Waals surface area contributed by atoms with Gasteiger partial charge in [-0.15, -0.1) is 10.2 Å². The molecule has 0 N–H and O–H groups in total. The van der Waals surface area contributed by atoms with Crippen molar-refractivity contribution in [3.05, 3.63) is 138 Å². The van der Waals surface area contributed by atoms with E-state index in [0.29, 0.717) is 11.8 Å². The Balaban J connectivity index is 1.11. The van der Waals surface area contributed by atoms with Crippen LogP contribution in [-0.2, 0) is 10.8 Å². The van der Waals surface area contributed by atoms with Crippen LogP contribution in [0.1, 0.15) is 116 Å². The molecule has 6 heteroatoms. The molecule has 0 saturated carbocycles. The van der Waals surface area contributed by atoms with E-state index in [-0.39, 0.29) is 10.8 Å². The smallest absolute Gasteiger partial charge is 0.248 e. The molecular formula is C57H61N3O3. The van der Waals surface area contributed by atoms with Crippen LogP contribution >= 0.6 is 0 Å². The van der Waals surface area contributed by atoms with Gasteiger partial charge in [0.25, 0.3) is 0 Å². The minimum atomic E-state index is -0.103. The first-order valence-electron chi connectivity index (χ1n) is 23.2. The van der Waals surface area contributed by atoms with Crippen LogP contribution in [0, 0.1) is 0 Å². The number of aromatic nitrogens is 3. The molecule has 1 aliphatic rings. The van der Waals surface area contributed by atoms with Crippen molar-refractivity contribution < 1.29 is 13.9 Å². The fraction of sp³-hybridized carbons (Fsp3) is 0.333. The zero-order valence-electron chi connectivity index (χ0n) is 38.2. The molecule has 9 rings (SSSR count). The molecule has 0 aliphatic heterocycles. The van der Waals surface area contributed by atoms with Gasteiger partial charge in [0.1, 0.15) is 11.5 Å². The van der Waals surface area contributed by atoms with E-state index in [4.69, 9.17) is 13.9 Å². The number of rotatable bonds is 16. The number of hydrogen-bond acceptors (Lipinski definition) is 5. The third kappa shape index (κ3) is 7.94. The minimum absolute atomic E-state index is 0.0808. The number of nitrogens with zero attached hydrogens (tertiary/aromatic N) is 3. The van der Waals surface area contributed by atoms with Gasteiger partial charge >= 0.3 is 0 Å². The highest BCUT2D eigenvalue weighted by Gasteiger charge is 2.43. The van der Waals surface area contributed by atoms with Crippen LogP contribution in [0.2, 0.25) is 0 Å². The lowest BCUT2D eigenvalue weighted by Crippen LogP contribution is -2.26. The highest BCUT2D eigenvalue weighted by Crippen LogP contribution is 2.56. The third-order valence-corrected chi connectivity index (χ3v) is 13.6. The van der Waals surface area contributed by atoms with Crippen molar-refractivity contribution in [3.8, 4) is 62.3 Å². The highest BCUT2D eigenvalue weighted by molar-refractivity contribution is 6.10. The topological polar surface area (TPSA) is 62.3 Å². The molecule has 0 saturated heterocycles. The van der Waals surface area contributed by atoms with Gasteiger partial charge in [-0.3, -0.25) is 0 Å². The summed E-state index contributed by atoms with van der Waals surface area (Å²) in [5.74, 6) is 2.75. The fourth-order valence-electron chi connectivity index (χ4n) is 10.1. The van der Waals surface area contributed by atoms with E-state index in [1.165, 1.54) is 96.0 Å². The maximum atomic E-state index is 6.23. The van der Waals surface area contributed by atoms with Crippen LogP contribution in [0.5, 0.6) is 11.5 Å². The van der Waals surface area contributed by atoms with Gasteiger partial charge in [0.2, 0.25) is 11.8 Å². The van der Waals surface area contributed by atoms with E-state index in [1.54, 1.807) is 14.2 Å². The molecule has 0 atom stereocenters. The molecule has 322 valence electrons. The molecule has 6 nitrogen and oxygen atoms in total. The van der Waals surface area contributed by atoms with Gasteiger partial charge in [0.15, 0.2) is 0 Å². The Bertz CT molecular complexity index is 2800. The maximum absolute atomic E-state index is 6.23. The Morgan fingerprint density at radius 1 is 0.524 bits per heavy atom. The second kappa shape index (κ2) is 17.6. The lowest BCUT2D eigenvalue weighted by Gasteiger charge is -2.33. The lowest BCUT2D eigenvalue weighted by atomic mass is 9.70. The van der Waals surface area contributed by atoms with Crippen molar-refractivity contribution in [3.63, 3.8) is 0 Å². The molecule has 0 bridgehead atoms. The molecule has 2 heterocycles. The molecular weight excluding hydrogens is 775 g/mol. The van der Waals surface area contributed by atoms with E-state index in [9.17, 15) is 0 Å². The first-order chi connectivity index (χ1) is 30.6. The second-order valence-corrected chi connectivity index (χ2v) is 18.6. The van der Waals surface area contributed by atoms with E-state index < -0.39 is 0 Å². The molecule has 0 fully saturated rings. The summed E-state index contributed by atoms with van der Waals surface area (Å²) in [5.41, 5.74) is 14.7. The fourth-order valence-corrected chi connectivity index (χ4v) is 10.1. The van der Waals surface area contributed by atoms with Gasteiger partial charge < -0.3 is 18.5 Å². The Labute approximate surface area is 373 Å². The summed E-state index contributed by atoms with van der Waals surface area (Å²) in [7, 11) is 3.47. The van der Waals surface area contributed by atoms with Crippen LogP contribution in [0.4, 0.5) is 0 Å². The number of hydrogen-bond donors (Lipinski definition) is 0. The monoisotopic (exact) mass is 835 g/mol. The minimum Gasteiger partial charge on any atom is -0.497 e. The van der Waals surface area contributed by atoms with E-state index in [1.807, 2.05) is 0 Å². The summed E-state index contributed by atoms with van der Waals surface area (Å²) in [5, 5.41) is 11.2. The Hall–Kier alpha value is -6.14. The van der Waals surface area contributed by atoms with Crippen molar-refractivity contribution in [2.45, 2.75) is 110 Å². The molecule has 8 aromatic rings. The van der Waals surface area contributed by atoms with Crippen LogP contribution in [0.15, 0.2) is 126 Å². The highest BCUT2D eigenvalue weighted by atomic mass is 16.5. The summed E-state index contributed by atoms with van der Waals surface area (Å²) >= 11 is 0. The molecule has 2 aromatic heterocycles. The summed E-state index contributed by atoms with van der Waals surface area (Å²) in [6, 6.07) is 44.4. The molecule has 0 spiro atoms. The number of methoxy groups -OCH3 is 2. The summed E-state index contributed by atoms with van der Waals surface area (Å²) in [6.45, 7) is 11.3. The van der Waals surface area contributed by atoms with Crippen LogP contribution in [-0.4, -0.2) is 29.0 Å². The van der Waals surface area contributed by atoms with Crippen molar-refractivity contribution in [2.75, 3.05) is 14.2 Å². The van der Waals surface area contributed by atoms with Gasteiger partial charge in [0.05, 0.1) is 25.3 Å². The standard InChI is InChI=1S/C57H61N3O3/c1-8-10-12-14-32-57(33-15-13-11-9-2)50-34-41(38-16-18-39(19-17-38)54-58-59-55(63-54)40-20-23-42(24-21-40)56(3,4)5)22-28-46(50)47-29-25-43(35-51(47)57)60-52-30-26-44(61-6)36-48(52)49-37-45(62-7)27-31-53(49)60/h16-31,34-37H,8-15,32-33H2,1-7H3. The first-order valence-corrected chi connectivity index (χ1v) is 23.2. The molecule has 63 heavy (non-hydrogen) atoms. The number of unbranched alkanes of at least 4 members (excludes halogenated alkanes) is 6. The molecule has 0 unspecified atom stereocenters. The summed E-state index contributed by atoms with van der Waals surface area (Å²) < 4.78 is 20.1. The van der Waals surface area contributed by atoms with Gasteiger partial charge in [-0.05, 0) is 136 Å². The van der Waals surface area contributed by atoms with Crippen LogP contribution in [0.25, 0.3) is 72.7 Å². The van der Waals surface area contributed by atoms with Gasteiger partial charge in [-0.1, -0.05) is 128 Å². The quantitative estimate of drug-likeness (QED) is 0.0907. The molecule has 1 aliphatic carbocycles. The normalized spacial score (nSPS) is 13.1. The zero-order chi connectivity index (χ0) is 43.7. The molecule has 0 radical (unpaired) electrons. The average molecular weight is 836 g/mol. The average Bonchev–Trinajstić information content (AvgIpc) is 4.00. The van der Waals surface area contributed by atoms with Crippen LogP contribution < -0.4 is 9.47 Å². The second-order valence-electron chi connectivity index (χ2n) is 18.6. The Morgan fingerprint density at radius 2 is 1.02 bits per heavy atom. The lowest BCUT2D eigenvalue weighted by molar-refractivity contribution is 0.401. The number of benzene rings is 6. The summed E-state index contributed by atoms with van der Waals surface area (Å²) in [4.78, 5) is 0. The maximum Gasteiger partial charge on any atom is 0.248 e. The Morgan fingerprint density at radius 3 is 1.54 bits per heavy atom. The van der Waals surface area contributed by atoms with Crippen LogP contribution in [0.3, 0.4) is 0 Å². The van der Waals surface area contributed by atoms with E-state index in [2.05, 4.69) is 171 Å². The predicted molar refractivity (Wildman–Crippen MR) is 260 cm³/mol. The predicted octanol–water partition coefficient (Wildman–Crippen LogP) is 15.7. The summed E-state index contributed by atoms with van der Waals surface area (Å²) in [6.07, 6.45) is 12.1. The van der Waals surface area contributed by atoms with Gasteiger partial charge in [-0.25, -0.2) is 0 Å². The first kappa shape index (κ1) is 42.2. The van der Waals surface area contributed by atoms with Crippen molar-refractivity contribution in [1.82, 2.24) is 14.8 Å². The largest absolute Gasteiger partial charge is 0.497 e. The van der Waals surface area contributed by atoms with Gasteiger partial charge in [-0.2, -0.15) is 0 Å². The zero-order valence-corrected chi connectivity index (χ0v) is 38.2. The third-order valence-electron chi connectivity index (χ3n) is 13.6. The Kier molecular flexibility index (Phi) is 11.8.